The molecule has 1 aromatic carbocycles. The van der Waals surface area contributed by atoms with E-state index in [0.29, 0.717) is 6.54 Å². The lowest BCUT2D eigenvalue weighted by molar-refractivity contribution is 0.732. The van der Waals surface area contributed by atoms with E-state index in [9.17, 15) is 0 Å². The SMILES string of the molecule is C=CCSc1nnc(-c2cccc(C)c2)n1CC=C. The van der Waals surface area contributed by atoms with E-state index in [1.54, 1.807) is 11.8 Å². The molecule has 2 aromatic rings. The predicted octanol–water partition coefficient (Wildman–Crippen LogP) is 3.72. The molecule has 0 unspecified atom stereocenters. The van der Waals surface area contributed by atoms with Gasteiger partial charge in [0.1, 0.15) is 0 Å². The molecule has 3 nitrogen and oxygen atoms in total. The predicted molar refractivity (Wildman–Crippen MR) is 81.3 cm³/mol. The van der Waals surface area contributed by atoms with E-state index < -0.39 is 0 Å². The van der Waals surface area contributed by atoms with Crippen LogP contribution < -0.4 is 0 Å². The molecule has 0 spiro atoms. The second-order valence-electron chi connectivity index (χ2n) is 4.17. The van der Waals surface area contributed by atoms with Gasteiger partial charge in [-0.15, -0.1) is 23.4 Å². The second-order valence-corrected chi connectivity index (χ2v) is 5.16. The molecule has 0 aliphatic heterocycles. The Labute approximate surface area is 118 Å². The maximum absolute atomic E-state index is 4.31. The molecular formula is C15H17N3S. The van der Waals surface area contributed by atoms with Gasteiger partial charge < -0.3 is 0 Å². The molecule has 0 fully saturated rings. The minimum Gasteiger partial charge on any atom is -0.298 e. The Morgan fingerprint density at radius 2 is 2.11 bits per heavy atom. The number of aryl methyl sites for hydroxylation is 1. The van der Waals surface area contributed by atoms with Crippen molar-refractivity contribution < 1.29 is 0 Å². The van der Waals surface area contributed by atoms with Crippen molar-refractivity contribution in [2.24, 2.45) is 0 Å². The first kappa shape index (κ1) is 13.6. The Balaban J connectivity index is 2.42. The molecule has 1 aromatic heterocycles. The summed E-state index contributed by atoms with van der Waals surface area (Å²) in [6, 6.07) is 8.28. The van der Waals surface area contributed by atoms with Crippen LogP contribution in [0.25, 0.3) is 11.4 Å². The van der Waals surface area contributed by atoms with Gasteiger partial charge in [0.05, 0.1) is 0 Å². The number of thioether (sulfide) groups is 1. The highest BCUT2D eigenvalue weighted by molar-refractivity contribution is 7.99. The second kappa shape index (κ2) is 6.38. The molecule has 0 saturated carbocycles. The summed E-state index contributed by atoms with van der Waals surface area (Å²) in [6.45, 7) is 10.3. The van der Waals surface area contributed by atoms with Crippen molar-refractivity contribution >= 4 is 11.8 Å². The number of nitrogens with zero attached hydrogens (tertiary/aromatic N) is 3. The fourth-order valence-corrected chi connectivity index (χ4v) is 2.50. The molecule has 0 N–H and O–H groups in total. The van der Waals surface area contributed by atoms with Gasteiger partial charge in [0, 0.05) is 17.9 Å². The molecular weight excluding hydrogens is 254 g/mol. The molecule has 4 heteroatoms. The van der Waals surface area contributed by atoms with Crippen LogP contribution in [0.4, 0.5) is 0 Å². The summed E-state index contributed by atoms with van der Waals surface area (Å²) in [5, 5.41) is 9.47. The molecule has 0 saturated heterocycles. The van der Waals surface area contributed by atoms with Gasteiger partial charge in [-0.3, -0.25) is 4.57 Å². The van der Waals surface area contributed by atoms with Crippen LogP contribution in [0.15, 0.2) is 54.7 Å². The molecule has 0 amide bonds. The van der Waals surface area contributed by atoms with E-state index >= 15 is 0 Å². The van der Waals surface area contributed by atoms with Crippen LogP contribution in [0.1, 0.15) is 5.56 Å². The molecule has 0 radical (unpaired) electrons. The third kappa shape index (κ3) is 3.15. The Morgan fingerprint density at radius 1 is 1.26 bits per heavy atom. The maximum Gasteiger partial charge on any atom is 0.192 e. The number of hydrogen-bond donors (Lipinski definition) is 0. The summed E-state index contributed by atoms with van der Waals surface area (Å²) in [5.41, 5.74) is 2.30. The lowest BCUT2D eigenvalue weighted by atomic mass is 10.1. The number of allylic oxidation sites excluding steroid dienone is 1. The average molecular weight is 271 g/mol. The molecule has 0 aliphatic carbocycles. The van der Waals surface area contributed by atoms with Crippen molar-refractivity contribution in [3.63, 3.8) is 0 Å². The van der Waals surface area contributed by atoms with Crippen molar-refractivity contribution in [3.8, 4) is 11.4 Å². The first-order valence-corrected chi connectivity index (χ1v) is 7.09. The lowest BCUT2D eigenvalue weighted by Crippen LogP contribution is -2.00. The number of rotatable bonds is 6. The van der Waals surface area contributed by atoms with Crippen molar-refractivity contribution in [3.05, 3.63) is 55.1 Å². The number of aromatic nitrogens is 3. The summed E-state index contributed by atoms with van der Waals surface area (Å²) in [4.78, 5) is 0. The Kier molecular flexibility index (Phi) is 4.58. The van der Waals surface area contributed by atoms with E-state index in [2.05, 4.69) is 53.0 Å². The summed E-state index contributed by atoms with van der Waals surface area (Å²) in [5.74, 6) is 1.71. The first-order valence-electron chi connectivity index (χ1n) is 6.11. The van der Waals surface area contributed by atoms with Crippen molar-refractivity contribution in [1.82, 2.24) is 14.8 Å². The Hall–Kier alpha value is -1.81. The van der Waals surface area contributed by atoms with Gasteiger partial charge in [-0.05, 0) is 13.0 Å². The van der Waals surface area contributed by atoms with Crippen LogP contribution in [-0.4, -0.2) is 20.5 Å². The number of benzene rings is 1. The third-order valence-electron chi connectivity index (χ3n) is 2.64. The van der Waals surface area contributed by atoms with Crippen LogP contribution in [0, 0.1) is 6.92 Å². The zero-order chi connectivity index (χ0) is 13.7. The van der Waals surface area contributed by atoms with Gasteiger partial charge in [-0.25, -0.2) is 0 Å². The minimum atomic E-state index is 0.704. The van der Waals surface area contributed by atoms with Gasteiger partial charge >= 0.3 is 0 Å². The molecule has 1 heterocycles. The Bertz CT molecular complexity index is 587. The topological polar surface area (TPSA) is 30.7 Å². The number of hydrogen-bond acceptors (Lipinski definition) is 3. The maximum atomic E-state index is 4.31. The quantitative estimate of drug-likeness (QED) is 0.592. The van der Waals surface area contributed by atoms with E-state index in [0.717, 1.165) is 22.3 Å². The van der Waals surface area contributed by atoms with Crippen molar-refractivity contribution in [2.45, 2.75) is 18.6 Å². The fraction of sp³-hybridized carbons (Fsp3) is 0.200. The van der Waals surface area contributed by atoms with E-state index in [1.165, 1.54) is 5.56 Å². The standard InChI is InChI=1S/C15H17N3S/c1-4-9-18-14(13-8-6-7-12(3)11-13)16-17-15(18)19-10-5-2/h4-8,11H,1-2,9-10H2,3H3. The smallest absolute Gasteiger partial charge is 0.192 e. The third-order valence-corrected chi connectivity index (χ3v) is 3.60. The summed E-state index contributed by atoms with van der Waals surface area (Å²) in [6.07, 6.45) is 3.73. The van der Waals surface area contributed by atoms with E-state index in [1.807, 2.05) is 18.2 Å². The van der Waals surface area contributed by atoms with Gasteiger partial charge in [0.25, 0.3) is 0 Å². The molecule has 0 aliphatic rings. The van der Waals surface area contributed by atoms with Crippen LogP contribution in [0.3, 0.4) is 0 Å². The highest BCUT2D eigenvalue weighted by atomic mass is 32.2. The average Bonchev–Trinajstić information content (AvgIpc) is 2.80. The molecule has 98 valence electrons. The molecule has 2 rings (SSSR count). The fourth-order valence-electron chi connectivity index (χ4n) is 1.82. The van der Waals surface area contributed by atoms with Crippen LogP contribution >= 0.6 is 11.8 Å². The summed E-state index contributed by atoms with van der Waals surface area (Å²) in [7, 11) is 0. The lowest BCUT2D eigenvalue weighted by Gasteiger charge is -2.07. The van der Waals surface area contributed by atoms with E-state index in [4.69, 9.17) is 0 Å². The van der Waals surface area contributed by atoms with Crippen LogP contribution in [-0.2, 0) is 6.54 Å². The van der Waals surface area contributed by atoms with Crippen molar-refractivity contribution in [1.29, 1.82) is 0 Å². The molecule has 19 heavy (non-hydrogen) atoms. The Morgan fingerprint density at radius 3 is 2.79 bits per heavy atom. The van der Waals surface area contributed by atoms with Gasteiger partial charge in [-0.2, -0.15) is 0 Å². The summed E-state index contributed by atoms with van der Waals surface area (Å²) < 4.78 is 2.08. The van der Waals surface area contributed by atoms with Gasteiger partial charge in [-0.1, -0.05) is 47.7 Å². The summed E-state index contributed by atoms with van der Waals surface area (Å²) >= 11 is 1.63. The highest BCUT2D eigenvalue weighted by Gasteiger charge is 2.12. The zero-order valence-corrected chi connectivity index (χ0v) is 11.9. The largest absolute Gasteiger partial charge is 0.298 e. The first-order chi connectivity index (χ1) is 9.26. The van der Waals surface area contributed by atoms with Gasteiger partial charge in [0.15, 0.2) is 11.0 Å². The monoisotopic (exact) mass is 271 g/mol. The molecule has 0 bridgehead atoms. The molecule has 0 atom stereocenters. The normalized spacial score (nSPS) is 10.4. The highest BCUT2D eigenvalue weighted by Crippen LogP contribution is 2.24. The zero-order valence-electron chi connectivity index (χ0n) is 11.0. The van der Waals surface area contributed by atoms with E-state index in [-0.39, 0.29) is 0 Å². The van der Waals surface area contributed by atoms with Crippen molar-refractivity contribution in [2.75, 3.05) is 5.75 Å². The minimum absolute atomic E-state index is 0.704. The van der Waals surface area contributed by atoms with Crippen LogP contribution in [0.5, 0.6) is 0 Å². The van der Waals surface area contributed by atoms with Gasteiger partial charge in [0.2, 0.25) is 0 Å². The van der Waals surface area contributed by atoms with Crippen LogP contribution in [0.2, 0.25) is 0 Å².